The van der Waals surface area contributed by atoms with Crippen molar-refractivity contribution in [1.82, 2.24) is 5.32 Å². The number of rotatable bonds is 3. The van der Waals surface area contributed by atoms with Crippen LogP contribution in [-0.2, 0) is 9.59 Å². The van der Waals surface area contributed by atoms with E-state index in [0.717, 1.165) is 6.42 Å². The van der Waals surface area contributed by atoms with Gasteiger partial charge in [0.1, 0.15) is 6.04 Å². The molecule has 16 heavy (non-hydrogen) atoms. The summed E-state index contributed by atoms with van der Waals surface area (Å²) in [7, 11) is 0. The highest BCUT2D eigenvalue weighted by atomic mass is 16.2. The number of nitrogens with two attached hydrogens (primary N) is 1. The quantitative estimate of drug-likeness (QED) is 0.749. The summed E-state index contributed by atoms with van der Waals surface area (Å²) < 4.78 is 0. The van der Waals surface area contributed by atoms with E-state index in [-0.39, 0.29) is 17.2 Å². The Morgan fingerprint density at radius 2 is 1.94 bits per heavy atom. The number of nitrogens with one attached hydrogen (secondary N) is 1. The summed E-state index contributed by atoms with van der Waals surface area (Å²) in [5.74, 6) is -0.311. The lowest BCUT2D eigenvalue weighted by Gasteiger charge is -2.22. The first kappa shape index (κ1) is 11.4. The smallest absolute Gasteiger partial charge is 0.239 e. The number of carbonyl (C=O) groups is 2. The average Bonchev–Trinajstić information content (AvgIpc) is 2.93. The van der Waals surface area contributed by atoms with Gasteiger partial charge < -0.3 is 11.1 Å². The third-order valence-corrected chi connectivity index (χ3v) is 4.14. The molecule has 0 aliphatic heterocycles. The molecular weight excluding hydrogens is 204 g/mol. The number of amides is 2. The highest BCUT2D eigenvalue weighted by Gasteiger charge is 2.57. The molecule has 0 heterocycles. The van der Waals surface area contributed by atoms with Gasteiger partial charge in [-0.05, 0) is 31.6 Å². The van der Waals surface area contributed by atoms with Gasteiger partial charge in [0.2, 0.25) is 11.8 Å². The monoisotopic (exact) mass is 224 g/mol. The minimum atomic E-state index is -0.547. The molecule has 0 saturated heterocycles. The lowest BCUT2D eigenvalue weighted by atomic mass is 9.84. The summed E-state index contributed by atoms with van der Waals surface area (Å²) in [6, 6.07) is -0.547. The Morgan fingerprint density at radius 3 is 2.50 bits per heavy atom. The molecule has 0 bridgehead atoms. The second-order valence-electron chi connectivity index (χ2n) is 5.31. The highest BCUT2D eigenvalue weighted by Crippen LogP contribution is 2.61. The molecule has 2 saturated carbocycles. The molecule has 90 valence electrons. The van der Waals surface area contributed by atoms with Gasteiger partial charge in [-0.15, -0.1) is 0 Å². The van der Waals surface area contributed by atoms with E-state index in [1.807, 2.05) is 0 Å². The second-order valence-corrected chi connectivity index (χ2v) is 5.31. The minimum Gasteiger partial charge on any atom is -0.368 e. The predicted molar refractivity (Wildman–Crippen MR) is 60.4 cm³/mol. The number of hydrogen-bond donors (Lipinski definition) is 2. The van der Waals surface area contributed by atoms with E-state index < -0.39 is 11.9 Å². The summed E-state index contributed by atoms with van der Waals surface area (Å²) in [4.78, 5) is 22.7. The number of hydrogen-bond acceptors (Lipinski definition) is 2. The molecule has 0 aromatic heterocycles. The van der Waals surface area contributed by atoms with Crippen LogP contribution in [0, 0.1) is 11.3 Å². The molecule has 4 heteroatoms. The highest BCUT2D eigenvalue weighted by molar-refractivity contribution is 5.89. The van der Waals surface area contributed by atoms with Crippen LogP contribution in [0.1, 0.15) is 45.4 Å². The molecule has 1 unspecified atom stereocenters. The fourth-order valence-electron chi connectivity index (χ4n) is 2.91. The van der Waals surface area contributed by atoms with E-state index in [2.05, 4.69) is 5.32 Å². The van der Waals surface area contributed by atoms with Gasteiger partial charge in [-0.2, -0.15) is 0 Å². The first-order chi connectivity index (χ1) is 7.55. The van der Waals surface area contributed by atoms with Crippen molar-refractivity contribution in [2.24, 2.45) is 17.1 Å². The molecule has 0 aromatic rings. The van der Waals surface area contributed by atoms with Gasteiger partial charge in [-0.3, -0.25) is 9.59 Å². The van der Waals surface area contributed by atoms with Crippen LogP contribution in [0.15, 0.2) is 0 Å². The Labute approximate surface area is 96.0 Å². The zero-order valence-electron chi connectivity index (χ0n) is 9.79. The van der Waals surface area contributed by atoms with Gasteiger partial charge in [0, 0.05) is 5.92 Å². The molecule has 3 N–H and O–H groups in total. The number of primary amides is 1. The Balaban J connectivity index is 1.86. The van der Waals surface area contributed by atoms with Crippen LogP contribution < -0.4 is 11.1 Å². The van der Waals surface area contributed by atoms with Crippen LogP contribution in [0.4, 0.5) is 0 Å². The molecule has 2 atom stereocenters. The van der Waals surface area contributed by atoms with E-state index >= 15 is 0 Å². The van der Waals surface area contributed by atoms with Crippen LogP contribution in [-0.4, -0.2) is 17.9 Å². The second kappa shape index (κ2) is 4.07. The van der Waals surface area contributed by atoms with E-state index in [4.69, 9.17) is 5.73 Å². The maximum absolute atomic E-state index is 11.9. The minimum absolute atomic E-state index is 0.0215. The van der Waals surface area contributed by atoms with E-state index in [9.17, 15) is 9.59 Å². The van der Waals surface area contributed by atoms with E-state index in [1.165, 1.54) is 32.1 Å². The molecular formula is C12H20N2O2. The largest absolute Gasteiger partial charge is 0.368 e. The van der Waals surface area contributed by atoms with Gasteiger partial charge in [0.15, 0.2) is 0 Å². The summed E-state index contributed by atoms with van der Waals surface area (Å²) in [5.41, 5.74) is 5.40. The van der Waals surface area contributed by atoms with Crippen LogP contribution in [0.3, 0.4) is 0 Å². The Kier molecular flexibility index (Phi) is 2.91. The summed E-state index contributed by atoms with van der Waals surface area (Å²) >= 11 is 0. The van der Waals surface area contributed by atoms with Crippen molar-refractivity contribution < 1.29 is 9.59 Å². The van der Waals surface area contributed by atoms with Crippen molar-refractivity contribution in [1.29, 1.82) is 0 Å². The van der Waals surface area contributed by atoms with E-state index in [0.29, 0.717) is 0 Å². The van der Waals surface area contributed by atoms with Gasteiger partial charge in [0.05, 0.1) is 0 Å². The van der Waals surface area contributed by atoms with Crippen molar-refractivity contribution in [2.45, 2.75) is 51.5 Å². The molecule has 2 aliphatic carbocycles. The zero-order chi connectivity index (χ0) is 11.8. The molecule has 2 amide bonds. The molecule has 0 radical (unpaired) electrons. The molecule has 2 aliphatic rings. The topological polar surface area (TPSA) is 72.2 Å². The summed E-state index contributed by atoms with van der Waals surface area (Å²) in [6.45, 7) is 1.64. The van der Waals surface area contributed by atoms with Crippen molar-refractivity contribution in [3.63, 3.8) is 0 Å². The first-order valence-corrected chi connectivity index (χ1v) is 6.15. The van der Waals surface area contributed by atoms with Crippen molar-refractivity contribution in [3.05, 3.63) is 0 Å². The SMILES string of the molecule is CC(NC(=O)[C@H]1CC12CCCCC2)C(N)=O. The fourth-order valence-corrected chi connectivity index (χ4v) is 2.91. The Hall–Kier alpha value is -1.06. The van der Waals surface area contributed by atoms with Crippen LogP contribution in [0.25, 0.3) is 0 Å². The van der Waals surface area contributed by atoms with Crippen LogP contribution >= 0.6 is 0 Å². The lowest BCUT2D eigenvalue weighted by molar-refractivity contribution is -0.128. The first-order valence-electron chi connectivity index (χ1n) is 6.15. The van der Waals surface area contributed by atoms with Gasteiger partial charge in [-0.25, -0.2) is 0 Å². The zero-order valence-corrected chi connectivity index (χ0v) is 9.79. The average molecular weight is 224 g/mol. The standard InChI is InChI=1S/C12H20N2O2/c1-8(10(13)15)14-11(16)9-7-12(9)5-3-2-4-6-12/h8-9H,2-7H2,1H3,(H2,13,15)(H,14,16)/t8?,9-/m1/s1. The molecule has 2 fully saturated rings. The third-order valence-electron chi connectivity index (χ3n) is 4.14. The van der Waals surface area contributed by atoms with Crippen LogP contribution in [0.2, 0.25) is 0 Å². The van der Waals surface area contributed by atoms with Gasteiger partial charge in [0.25, 0.3) is 0 Å². The molecule has 1 spiro atoms. The van der Waals surface area contributed by atoms with Gasteiger partial charge >= 0.3 is 0 Å². The van der Waals surface area contributed by atoms with Crippen molar-refractivity contribution in [2.75, 3.05) is 0 Å². The lowest BCUT2D eigenvalue weighted by Crippen LogP contribution is -2.43. The maximum atomic E-state index is 11.9. The molecule has 4 nitrogen and oxygen atoms in total. The predicted octanol–water partition coefficient (Wildman–Crippen LogP) is 0.947. The molecule has 2 rings (SSSR count). The summed E-state index contributed by atoms with van der Waals surface area (Å²) in [6.07, 6.45) is 7.15. The Bertz CT molecular complexity index is 308. The van der Waals surface area contributed by atoms with E-state index in [1.54, 1.807) is 6.92 Å². The maximum Gasteiger partial charge on any atom is 0.239 e. The normalized spacial score (nSPS) is 28.4. The summed E-state index contributed by atoms with van der Waals surface area (Å²) in [5, 5.41) is 2.70. The van der Waals surface area contributed by atoms with Crippen molar-refractivity contribution >= 4 is 11.8 Å². The van der Waals surface area contributed by atoms with Gasteiger partial charge in [-0.1, -0.05) is 19.3 Å². The van der Waals surface area contributed by atoms with Crippen LogP contribution in [0.5, 0.6) is 0 Å². The molecule has 0 aromatic carbocycles. The number of carbonyl (C=O) groups excluding carboxylic acids is 2. The third kappa shape index (κ3) is 2.06. The van der Waals surface area contributed by atoms with Crippen molar-refractivity contribution in [3.8, 4) is 0 Å². The Morgan fingerprint density at radius 1 is 1.31 bits per heavy atom. The fraction of sp³-hybridized carbons (Fsp3) is 0.833.